The minimum absolute atomic E-state index is 0.0976. The van der Waals surface area contributed by atoms with Crippen LogP contribution < -0.4 is 0 Å². The summed E-state index contributed by atoms with van der Waals surface area (Å²) in [6, 6.07) is 20.4. The average molecular weight is 415 g/mol. The summed E-state index contributed by atoms with van der Waals surface area (Å²) in [5.41, 5.74) is 2.44. The molecule has 29 heavy (non-hydrogen) atoms. The molecule has 1 aliphatic heterocycles. The molecule has 1 saturated heterocycles. The van der Waals surface area contributed by atoms with Crippen molar-refractivity contribution in [2.75, 3.05) is 32.4 Å². The van der Waals surface area contributed by atoms with Gasteiger partial charge in [0.2, 0.25) is 15.9 Å². The molecule has 2 aromatic carbocycles. The molecule has 0 spiro atoms. The molecular formula is C23H30N2O3S. The molecule has 0 aromatic heterocycles. The second kappa shape index (κ2) is 10.0. The molecule has 1 amide bonds. The van der Waals surface area contributed by atoms with Gasteiger partial charge in [-0.15, -0.1) is 0 Å². The molecule has 0 saturated carbocycles. The van der Waals surface area contributed by atoms with Crippen LogP contribution in [0.25, 0.3) is 0 Å². The SMILES string of the molecule is CS(=O)(=O)N1CCC(C(=O)N(CCc2ccccc2)CCc2ccccc2)CC1. The lowest BCUT2D eigenvalue weighted by Gasteiger charge is -2.33. The Balaban J connectivity index is 1.63. The molecule has 0 N–H and O–H groups in total. The molecular weight excluding hydrogens is 384 g/mol. The first-order valence-electron chi connectivity index (χ1n) is 10.3. The van der Waals surface area contributed by atoms with Crippen molar-refractivity contribution >= 4 is 15.9 Å². The van der Waals surface area contributed by atoms with Crippen LogP contribution in [0.15, 0.2) is 60.7 Å². The number of piperidine rings is 1. The zero-order valence-electron chi connectivity index (χ0n) is 17.0. The molecule has 156 valence electrons. The molecule has 0 aliphatic carbocycles. The number of carbonyl (C=O) groups is 1. The second-order valence-corrected chi connectivity index (χ2v) is 9.72. The maximum absolute atomic E-state index is 13.3. The summed E-state index contributed by atoms with van der Waals surface area (Å²) in [5, 5.41) is 0. The van der Waals surface area contributed by atoms with E-state index in [1.165, 1.54) is 21.7 Å². The summed E-state index contributed by atoms with van der Waals surface area (Å²) in [4.78, 5) is 15.2. The summed E-state index contributed by atoms with van der Waals surface area (Å²) < 4.78 is 25.0. The first-order chi connectivity index (χ1) is 13.9. The van der Waals surface area contributed by atoms with Gasteiger partial charge < -0.3 is 4.90 Å². The number of carbonyl (C=O) groups excluding carboxylic acids is 1. The Morgan fingerprint density at radius 2 is 1.34 bits per heavy atom. The number of benzene rings is 2. The zero-order valence-corrected chi connectivity index (χ0v) is 17.9. The van der Waals surface area contributed by atoms with E-state index in [0.717, 1.165) is 12.8 Å². The largest absolute Gasteiger partial charge is 0.342 e. The second-order valence-electron chi connectivity index (χ2n) is 7.73. The van der Waals surface area contributed by atoms with Gasteiger partial charge in [-0.25, -0.2) is 12.7 Å². The lowest BCUT2D eigenvalue weighted by Crippen LogP contribution is -2.45. The van der Waals surface area contributed by atoms with E-state index in [4.69, 9.17) is 0 Å². The third-order valence-corrected chi connectivity index (χ3v) is 6.91. The topological polar surface area (TPSA) is 57.7 Å². The highest BCUT2D eigenvalue weighted by molar-refractivity contribution is 7.88. The van der Waals surface area contributed by atoms with Crippen molar-refractivity contribution in [1.82, 2.24) is 9.21 Å². The van der Waals surface area contributed by atoms with Crippen molar-refractivity contribution in [3.8, 4) is 0 Å². The molecule has 3 rings (SSSR count). The average Bonchev–Trinajstić information content (AvgIpc) is 2.74. The van der Waals surface area contributed by atoms with Crippen LogP contribution in [0.1, 0.15) is 24.0 Å². The third kappa shape index (κ3) is 6.41. The van der Waals surface area contributed by atoms with E-state index < -0.39 is 10.0 Å². The summed E-state index contributed by atoms with van der Waals surface area (Å²) in [6.45, 7) is 2.23. The molecule has 0 atom stereocenters. The number of sulfonamides is 1. The standard InChI is InChI=1S/C23H30N2O3S/c1-29(27,28)25-18-14-22(15-19-25)23(26)24(16-12-20-8-4-2-5-9-20)17-13-21-10-6-3-7-11-21/h2-11,22H,12-19H2,1H3. The summed E-state index contributed by atoms with van der Waals surface area (Å²) in [5.74, 6) is 0.0598. The van der Waals surface area contributed by atoms with Gasteiger partial charge in [0.25, 0.3) is 0 Å². The van der Waals surface area contributed by atoms with Crippen LogP contribution in [0.5, 0.6) is 0 Å². The maximum Gasteiger partial charge on any atom is 0.225 e. The van der Waals surface area contributed by atoms with Crippen molar-refractivity contribution in [2.24, 2.45) is 5.92 Å². The molecule has 1 heterocycles. The van der Waals surface area contributed by atoms with Gasteiger partial charge in [0.05, 0.1) is 6.26 Å². The molecule has 5 nitrogen and oxygen atoms in total. The number of amides is 1. The van der Waals surface area contributed by atoms with Gasteiger partial charge in [-0.3, -0.25) is 4.79 Å². The van der Waals surface area contributed by atoms with Gasteiger partial charge >= 0.3 is 0 Å². The molecule has 1 aliphatic rings. The molecule has 0 radical (unpaired) electrons. The van der Waals surface area contributed by atoms with E-state index in [9.17, 15) is 13.2 Å². The van der Waals surface area contributed by atoms with Gasteiger partial charge in [0, 0.05) is 32.1 Å². The van der Waals surface area contributed by atoms with E-state index in [2.05, 4.69) is 24.3 Å². The highest BCUT2D eigenvalue weighted by atomic mass is 32.2. The van der Waals surface area contributed by atoms with E-state index >= 15 is 0 Å². The van der Waals surface area contributed by atoms with E-state index in [1.807, 2.05) is 41.3 Å². The molecule has 0 unspecified atom stereocenters. The van der Waals surface area contributed by atoms with Gasteiger partial charge in [0.1, 0.15) is 0 Å². The predicted molar refractivity (Wildman–Crippen MR) is 116 cm³/mol. The van der Waals surface area contributed by atoms with Crippen LogP contribution >= 0.6 is 0 Å². The maximum atomic E-state index is 13.3. The highest BCUT2D eigenvalue weighted by Crippen LogP contribution is 2.22. The fourth-order valence-electron chi connectivity index (χ4n) is 3.84. The minimum atomic E-state index is -3.18. The Kier molecular flexibility index (Phi) is 7.45. The number of rotatable bonds is 8. The fraction of sp³-hybridized carbons (Fsp3) is 0.435. The van der Waals surface area contributed by atoms with Crippen LogP contribution in [0.4, 0.5) is 0 Å². The predicted octanol–water partition coefficient (Wildman–Crippen LogP) is 2.97. The smallest absolute Gasteiger partial charge is 0.225 e. The normalized spacial score (nSPS) is 15.9. The summed E-state index contributed by atoms with van der Waals surface area (Å²) >= 11 is 0. The lowest BCUT2D eigenvalue weighted by atomic mass is 9.96. The monoisotopic (exact) mass is 414 g/mol. The van der Waals surface area contributed by atoms with Crippen molar-refractivity contribution in [3.63, 3.8) is 0 Å². The fourth-order valence-corrected chi connectivity index (χ4v) is 4.72. The Morgan fingerprint density at radius 1 is 0.897 bits per heavy atom. The van der Waals surface area contributed by atoms with Crippen LogP contribution in [0.2, 0.25) is 0 Å². The summed E-state index contributed by atoms with van der Waals surface area (Å²) in [7, 11) is -3.18. The van der Waals surface area contributed by atoms with Crippen LogP contribution in [-0.4, -0.2) is 56.0 Å². The van der Waals surface area contributed by atoms with Crippen molar-refractivity contribution in [1.29, 1.82) is 0 Å². The van der Waals surface area contributed by atoms with E-state index in [1.54, 1.807) is 0 Å². The van der Waals surface area contributed by atoms with E-state index in [-0.39, 0.29) is 11.8 Å². The number of nitrogens with zero attached hydrogens (tertiary/aromatic N) is 2. The lowest BCUT2D eigenvalue weighted by molar-refractivity contribution is -0.136. The van der Waals surface area contributed by atoms with Gasteiger partial charge in [-0.2, -0.15) is 0 Å². The molecule has 2 aromatic rings. The Morgan fingerprint density at radius 3 is 1.76 bits per heavy atom. The van der Waals surface area contributed by atoms with Crippen molar-refractivity contribution in [2.45, 2.75) is 25.7 Å². The molecule has 1 fully saturated rings. The van der Waals surface area contributed by atoms with Crippen LogP contribution in [-0.2, 0) is 27.7 Å². The van der Waals surface area contributed by atoms with Crippen molar-refractivity contribution in [3.05, 3.63) is 71.8 Å². The Bertz CT molecular complexity index is 833. The van der Waals surface area contributed by atoms with Gasteiger partial charge in [0.15, 0.2) is 0 Å². The number of hydrogen-bond donors (Lipinski definition) is 0. The first kappa shape index (κ1) is 21.5. The van der Waals surface area contributed by atoms with Gasteiger partial charge in [-0.1, -0.05) is 60.7 Å². The highest BCUT2D eigenvalue weighted by Gasteiger charge is 2.31. The third-order valence-electron chi connectivity index (χ3n) is 5.61. The first-order valence-corrected chi connectivity index (χ1v) is 12.1. The number of hydrogen-bond acceptors (Lipinski definition) is 3. The van der Waals surface area contributed by atoms with Crippen molar-refractivity contribution < 1.29 is 13.2 Å². The Labute approximate surface area is 174 Å². The molecule has 6 heteroatoms. The quantitative estimate of drug-likeness (QED) is 0.667. The zero-order chi connectivity index (χ0) is 20.7. The van der Waals surface area contributed by atoms with Crippen LogP contribution in [0, 0.1) is 5.92 Å². The summed E-state index contributed by atoms with van der Waals surface area (Å²) in [6.07, 6.45) is 4.08. The van der Waals surface area contributed by atoms with Gasteiger partial charge in [-0.05, 0) is 36.8 Å². The van der Waals surface area contributed by atoms with Crippen LogP contribution in [0.3, 0.4) is 0 Å². The Hall–Kier alpha value is -2.18. The van der Waals surface area contributed by atoms with E-state index in [0.29, 0.717) is 39.0 Å². The molecule has 0 bridgehead atoms. The minimum Gasteiger partial charge on any atom is -0.342 e.